The molecule has 0 aliphatic carbocycles. The minimum atomic E-state index is -3.60. The first-order valence-electron chi connectivity index (χ1n) is 5.55. The lowest BCUT2D eigenvalue weighted by atomic mass is 10.0. The van der Waals surface area contributed by atoms with Crippen molar-refractivity contribution in [2.45, 2.75) is 5.66 Å². The smallest absolute Gasteiger partial charge is 0.343 e. The molecule has 6 nitrogen and oxygen atoms in total. The predicted molar refractivity (Wildman–Crippen MR) is 76.0 cm³/mol. The zero-order valence-electron chi connectivity index (χ0n) is 10.8. The molecule has 106 valence electrons. The fraction of sp³-hybridized carbons (Fsp3) is 0.250. The van der Waals surface area contributed by atoms with Gasteiger partial charge in [0, 0.05) is 24.3 Å². The third-order valence-electron chi connectivity index (χ3n) is 2.99. The molecule has 1 aromatic carbocycles. The van der Waals surface area contributed by atoms with Crippen molar-refractivity contribution in [3.8, 4) is 11.8 Å². The Morgan fingerprint density at radius 2 is 2.10 bits per heavy atom. The van der Waals surface area contributed by atoms with Crippen molar-refractivity contribution in [2.75, 3.05) is 14.2 Å². The van der Waals surface area contributed by atoms with Crippen LogP contribution in [0.3, 0.4) is 0 Å². The molecule has 0 spiro atoms. The van der Waals surface area contributed by atoms with Crippen LogP contribution in [0.2, 0.25) is 0 Å². The maximum Gasteiger partial charge on any atom is 0.343 e. The number of nitrogens with two attached hydrogens (primary N) is 1. The van der Waals surface area contributed by atoms with Crippen LogP contribution in [0.4, 0.5) is 0 Å². The molecule has 8 heteroatoms. The van der Waals surface area contributed by atoms with Gasteiger partial charge in [-0.15, -0.1) is 0 Å². The highest BCUT2D eigenvalue weighted by molar-refractivity contribution is 9.10. The lowest BCUT2D eigenvalue weighted by molar-refractivity contribution is 0.266. The van der Waals surface area contributed by atoms with Crippen LogP contribution in [0.15, 0.2) is 34.1 Å². The Bertz CT molecular complexity index is 660. The van der Waals surface area contributed by atoms with Crippen molar-refractivity contribution >= 4 is 23.5 Å². The van der Waals surface area contributed by atoms with E-state index in [0.29, 0.717) is 15.8 Å². The van der Waals surface area contributed by atoms with Gasteiger partial charge in [-0.2, -0.15) is 5.26 Å². The van der Waals surface area contributed by atoms with Crippen LogP contribution in [0, 0.1) is 11.3 Å². The molecule has 2 rings (SSSR count). The fourth-order valence-corrected chi connectivity index (χ4v) is 4.45. The second-order valence-corrected chi connectivity index (χ2v) is 7.13. The van der Waals surface area contributed by atoms with Gasteiger partial charge in [0.15, 0.2) is 0 Å². The average molecular weight is 359 g/mol. The molecule has 1 heterocycles. The first kappa shape index (κ1) is 15.1. The van der Waals surface area contributed by atoms with Crippen LogP contribution in [0.5, 0.6) is 5.75 Å². The van der Waals surface area contributed by atoms with Crippen molar-refractivity contribution < 1.29 is 18.3 Å². The van der Waals surface area contributed by atoms with E-state index in [0.717, 1.165) is 0 Å². The van der Waals surface area contributed by atoms with Crippen molar-refractivity contribution in [1.82, 2.24) is 0 Å². The van der Waals surface area contributed by atoms with Gasteiger partial charge in [0.05, 0.1) is 0 Å². The maximum absolute atomic E-state index is 12.8. The van der Waals surface area contributed by atoms with Gasteiger partial charge in [0.1, 0.15) is 23.1 Å². The average Bonchev–Trinajstić information content (AvgIpc) is 2.45. The fourth-order valence-electron chi connectivity index (χ4n) is 2.04. The first-order valence-corrected chi connectivity index (χ1v) is 7.96. The summed E-state index contributed by atoms with van der Waals surface area (Å²) in [6, 6.07) is 7.09. The van der Waals surface area contributed by atoms with E-state index in [9.17, 15) is 9.83 Å². The molecule has 0 radical (unpaired) electrons. The highest BCUT2D eigenvalue weighted by Crippen LogP contribution is 2.66. The Morgan fingerprint density at radius 3 is 2.65 bits per heavy atom. The van der Waals surface area contributed by atoms with Gasteiger partial charge in [-0.3, -0.25) is 4.57 Å². The minimum Gasteiger partial charge on any atom is -0.440 e. The molecule has 2 N–H and O–H groups in total. The summed E-state index contributed by atoms with van der Waals surface area (Å²) in [6.45, 7) is 0. The zero-order chi connectivity index (χ0) is 14.9. The van der Waals surface area contributed by atoms with Crippen LogP contribution in [-0.2, 0) is 13.6 Å². The lowest BCUT2D eigenvalue weighted by Crippen LogP contribution is -2.21. The molecular formula is C12H12BrN2O4P. The molecule has 0 saturated carbocycles. The summed E-state index contributed by atoms with van der Waals surface area (Å²) in [7, 11) is -1.07. The molecule has 0 saturated heterocycles. The van der Waals surface area contributed by atoms with Crippen LogP contribution in [-0.4, -0.2) is 14.2 Å². The van der Waals surface area contributed by atoms with E-state index >= 15 is 0 Å². The van der Waals surface area contributed by atoms with Crippen LogP contribution in [0.25, 0.3) is 0 Å². The highest BCUT2D eigenvalue weighted by Gasteiger charge is 2.45. The number of hydrogen-bond acceptors (Lipinski definition) is 6. The van der Waals surface area contributed by atoms with E-state index in [1.165, 1.54) is 14.2 Å². The number of ether oxygens (including phenoxy) is 1. The number of halogens is 1. The predicted octanol–water partition coefficient (Wildman–Crippen LogP) is 3.06. The molecule has 1 unspecified atom stereocenters. The number of nitriles is 1. The van der Waals surface area contributed by atoms with Crippen molar-refractivity contribution in [3.63, 3.8) is 0 Å². The van der Waals surface area contributed by atoms with Gasteiger partial charge in [-0.05, 0) is 12.1 Å². The Balaban J connectivity index is 2.76. The number of allylic oxidation sites excluding steroid dienone is 1. The van der Waals surface area contributed by atoms with Crippen LogP contribution < -0.4 is 10.5 Å². The van der Waals surface area contributed by atoms with E-state index in [1.54, 1.807) is 18.2 Å². The summed E-state index contributed by atoms with van der Waals surface area (Å²) < 4.78 is 28.9. The second kappa shape index (κ2) is 5.58. The summed E-state index contributed by atoms with van der Waals surface area (Å²) in [5.74, 6) is 0.313. The van der Waals surface area contributed by atoms with Crippen LogP contribution >= 0.6 is 23.5 Å². The van der Waals surface area contributed by atoms with Gasteiger partial charge >= 0.3 is 7.60 Å². The molecule has 20 heavy (non-hydrogen) atoms. The van der Waals surface area contributed by atoms with Gasteiger partial charge in [0.25, 0.3) is 0 Å². The number of fused-ring (bicyclic) bond motifs is 1. The number of hydrogen-bond donors (Lipinski definition) is 1. The topological polar surface area (TPSA) is 94.6 Å². The molecule has 1 atom stereocenters. The van der Waals surface area contributed by atoms with Gasteiger partial charge in [-0.1, -0.05) is 22.0 Å². The molecule has 1 aliphatic heterocycles. The summed E-state index contributed by atoms with van der Waals surface area (Å²) in [6.07, 6.45) is 0. The van der Waals surface area contributed by atoms with E-state index in [-0.39, 0.29) is 11.5 Å². The third-order valence-corrected chi connectivity index (χ3v) is 5.85. The SMILES string of the molecule is COP(=O)(OC)C1C(C#N)=C(N)Oc2cccc(Br)c21. The monoisotopic (exact) mass is 358 g/mol. The Hall–Kier alpha value is -1.32. The summed E-state index contributed by atoms with van der Waals surface area (Å²) >= 11 is 3.36. The number of nitrogens with zero attached hydrogens (tertiary/aromatic N) is 1. The molecule has 1 aliphatic rings. The molecule has 0 fully saturated rings. The Morgan fingerprint density at radius 1 is 1.45 bits per heavy atom. The van der Waals surface area contributed by atoms with Gasteiger partial charge in [-0.25, -0.2) is 0 Å². The highest BCUT2D eigenvalue weighted by atomic mass is 79.9. The van der Waals surface area contributed by atoms with E-state index in [4.69, 9.17) is 19.5 Å². The molecule has 1 aromatic rings. The standard InChI is InChI=1S/C12H12BrN2O4P/c1-17-20(16,18-2)11-7(6-14)12(15)19-9-5-3-4-8(13)10(9)11/h3-5,11H,15H2,1-2H3. The van der Waals surface area contributed by atoms with Crippen LogP contribution in [0.1, 0.15) is 11.2 Å². The van der Waals surface area contributed by atoms with Crippen molar-refractivity contribution in [3.05, 3.63) is 39.7 Å². The largest absolute Gasteiger partial charge is 0.440 e. The normalized spacial score (nSPS) is 18.2. The van der Waals surface area contributed by atoms with Crippen molar-refractivity contribution in [2.24, 2.45) is 5.73 Å². The summed E-state index contributed by atoms with van der Waals surface area (Å²) in [5, 5.41) is 9.29. The molecule has 0 amide bonds. The summed E-state index contributed by atoms with van der Waals surface area (Å²) in [5.41, 5.74) is 5.35. The second-order valence-electron chi connectivity index (χ2n) is 3.95. The summed E-state index contributed by atoms with van der Waals surface area (Å²) in [4.78, 5) is 0. The first-order chi connectivity index (χ1) is 9.48. The quantitative estimate of drug-likeness (QED) is 0.834. The van der Waals surface area contributed by atoms with E-state index in [2.05, 4.69) is 15.9 Å². The Kier molecular flexibility index (Phi) is 4.21. The Labute approximate surface area is 124 Å². The zero-order valence-corrected chi connectivity index (χ0v) is 13.3. The number of rotatable bonds is 3. The third kappa shape index (κ3) is 2.25. The molecule has 0 bridgehead atoms. The van der Waals surface area contributed by atoms with Crippen molar-refractivity contribution in [1.29, 1.82) is 5.26 Å². The van der Waals surface area contributed by atoms with E-state index < -0.39 is 13.3 Å². The number of benzene rings is 1. The molecule has 0 aromatic heterocycles. The van der Waals surface area contributed by atoms with Gasteiger partial charge in [0.2, 0.25) is 5.88 Å². The van der Waals surface area contributed by atoms with Gasteiger partial charge < -0.3 is 19.5 Å². The minimum absolute atomic E-state index is 0.0245. The maximum atomic E-state index is 12.8. The molecular weight excluding hydrogens is 347 g/mol. The van der Waals surface area contributed by atoms with E-state index in [1.807, 2.05) is 6.07 Å². The lowest BCUT2D eigenvalue weighted by Gasteiger charge is -2.30.